The summed E-state index contributed by atoms with van der Waals surface area (Å²) >= 11 is 0. The van der Waals surface area contributed by atoms with E-state index in [1.165, 1.54) is 0 Å². The summed E-state index contributed by atoms with van der Waals surface area (Å²) in [6.07, 6.45) is 1.74. The highest BCUT2D eigenvalue weighted by Gasteiger charge is 2.07. The number of aliphatic hydroxyl groups excluding tert-OH is 1. The molecule has 1 atom stereocenters. The smallest absolute Gasteiger partial charge is 0.0988 e. The topological polar surface area (TPSA) is 26.7 Å². The maximum absolute atomic E-state index is 9.16. The molecule has 0 aliphatic heterocycles. The molecule has 0 aromatic carbocycles. The summed E-state index contributed by atoms with van der Waals surface area (Å²) in [4.78, 5) is 4.06. The molecule has 0 rings (SSSR count). The van der Waals surface area contributed by atoms with Crippen LogP contribution in [0, 0.1) is 0 Å². The number of hydrogen-bond acceptors (Lipinski definition) is 3. The van der Waals surface area contributed by atoms with E-state index in [1.54, 1.807) is 6.92 Å². The number of nitrogens with zero attached hydrogens (tertiary/aromatic N) is 2. The summed E-state index contributed by atoms with van der Waals surface area (Å²) in [6.45, 7) is 4.45. The van der Waals surface area contributed by atoms with E-state index in [9.17, 15) is 0 Å². The fraction of sp³-hybridized carbons (Fsp3) is 0.778. The van der Waals surface area contributed by atoms with Crippen molar-refractivity contribution in [3.8, 4) is 0 Å². The molecule has 1 unspecified atom stereocenters. The van der Waals surface area contributed by atoms with Gasteiger partial charge in [0.2, 0.25) is 0 Å². The highest BCUT2D eigenvalue weighted by atomic mass is 16.3. The van der Waals surface area contributed by atoms with Crippen molar-refractivity contribution in [2.24, 2.45) is 0 Å². The van der Waals surface area contributed by atoms with Crippen molar-refractivity contribution in [3.63, 3.8) is 0 Å². The Labute approximate surface area is 75.3 Å². The first-order valence-corrected chi connectivity index (χ1v) is 4.21. The van der Waals surface area contributed by atoms with Crippen LogP contribution < -0.4 is 0 Å². The van der Waals surface area contributed by atoms with E-state index >= 15 is 0 Å². The lowest BCUT2D eigenvalue weighted by Gasteiger charge is -2.28. The van der Waals surface area contributed by atoms with E-state index in [2.05, 4.69) is 0 Å². The SMILES string of the molecule is CC=C(N(C)C)N(C)CC(C)O. The molecule has 0 aliphatic rings. The van der Waals surface area contributed by atoms with Crippen molar-refractivity contribution < 1.29 is 5.11 Å². The van der Waals surface area contributed by atoms with Gasteiger partial charge in [0.15, 0.2) is 0 Å². The molecule has 0 saturated heterocycles. The molecule has 1 N–H and O–H groups in total. The fourth-order valence-electron chi connectivity index (χ4n) is 1.31. The Morgan fingerprint density at radius 1 is 1.42 bits per heavy atom. The molecule has 72 valence electrons. The van der Waals surface area contributed by atoms with Crippen LogP contribution in [0.1, 0.15) is 13.8 Å². The standard InChI is InChI=1S/C9H20N2O/c1-6-9(10(3)4)11(5)7-8(2)12/h6,8,12H,7H2,1-5H3. The summed E-state index contributed by atoms with van der Waals surface area (Å²) in [5.74, 6) is 1.12. The molecular weight excluding hydrogens is 152 g/mol. The third-order valence-corrected chi connectivity index (χ3v) is 1.65. The van der Waals surface area contributed by atoms with Gasteiger partial charge in [-0.05, 0) is 19.9 Å². The van der Waals surface area contributed by atoms with Crippen molar-refractivity contribution in [1.82, 2.24) is 9.80 Å². The van der Waals surface area contributed by atoms with Gasteiger partial charge in [-0.25, -0.2) is 0 Å². The van der Waals surface area contributed by atoms with E-state index < -0.39 is 0 Å². The molecule has 0 bridgehead atoms. The predicted octanol–water partition coefficient (Wildman–Crippen LogP) is 0.722. The molecule has 0 radical (unpaired) electrons. The van der Waals surface area contributed by atoms with Crippen LogP contribution in [0.25, 0.3) is 0 Å². The number of likely N-dealkylation sites (N-methyl/N-ethyl adjacent to an activating group) is 1. The zero-order chi connectivity index (χ0) is 9.72. The Hall–Kier alpha value is -0.700. The maximum Gasteiger partial charge on any atom is 0.0988 e. The zero-order valence-electron chi connectivity index (χ0n) is 8.70. The molecule has 3 heteroatoms. The second-order valence-corrected chi connectivity index (χ2v) is 3.27. The van der Waals surface area contributed by atoms with Gasteiger partial charge in [0, 0.05) is 27.7 Å². The summed E-state index contributed by atoms with van der Waals surface area (Å²) < 4.78 is 0. The Morgan fingerprint density at radius 2 is 1.92 bits per heavy atom. The van der Waals surface area contributed by atoms with E-state index in [4.69, 9.17) is 5.11 Å². The molecule has 0 amide bonds. The Morgan fingerprint density at radius 3 is 2.17 bits per heavy atom. The van der Waals surface area contributed by atoms with Crippen LogP contribution in [0.3, 0.4) is 0 Å². The van der Waals surface area contributed by atoms with Gasteiger partial charge in [-0.15, -0.1) is 0 Å². The van der Waals surface area contributed by atoms with Gasteiger partial charge in [0.25, 0.3) is 0 Å². The van der Waals surface area contributed by atoms with Crippen LogP contribution in [0.15, 0.2) is 11.9 Å². The van der Waals surface area contributed by atoms with Crippen LogP contribution in [0.5, 0.6) is 0 Å². The molecular formula is C9H20N2O. The molecule has 3 nitrogen and oxygen atoms in total. The highest BCUT2D eigenvalue weighted by Crippen LogP contribution is 2.04. The molecule has 0 heterocycles. The number of allylic oxidation sites excluding steroid dienone is 1. The van der Waals surface area contributed by atoms with Crippen molar-refractivity contribution in [3.05, 3.63) is 11.9 Å². The largest absolute Gasteiger partial charge is 0.392 e. The first kappa shape index (κ1) is 11.3. The lowest BCUT2D eigenvalue weighted by molar-refractivity contribution is 0.142. The summed E-state index contributed by atoms with van der Waals surface area (Å²) in [7, 11) is 5.96. The van der Waals surface area contributed by atoms with E-state index in [0.717, 1.165) is 5.82 Å². The van der Waals surface area contributed by atoms with Crippen LogP contribution in [-0.2, 0) is 0 Å². The third kappa shape index (κ3) is 3.62. The number of hydrogen-bond donors (Lipinski definition) is 1. The molecule has 0 spiro atoms. The van der Waals surface area contributed by atoms with Crippen LogP contribution in [-0.4, -0.2) is 48.7 Å². The summed E-state index contributed by atoms with van der Waals surface area (Å²) in [5.41, 5.74) is 0. The first-order chi connectivity index (χ1) is 5.49. The van der Waals surface area contributed by atoms with Crippen molar-refractivity contribution >= 4 is 0 Å². The summed E-state index contributed by atoms with van der Waals surface area (Å²) in [5, 5.41) is 9.16. The van der Waals surface area contributed by atoms with Gasteiger partial charge in [-0.3, -0.25) is 0 Å². The van der Waals surface area contributed by atoms with Crippen LogP contribution >= 0.6 is 0 Å². The van der Waals surface area contributed by atoms with Crippen LogP contribution in [0.4, 0.5) is 0 Å². The normalized spacial score (nSPS) is 14.3. The van der Waals surface area contributed by atoms with Gasteiger partial charge < -0.3 is 14.9 Å². The first-order valence-electron chi connectivity index (χ1n) is 4.21. The minimum atomic E-state index is -0.287. The van der Waals surface area contributed by atoms with E-state index in [1.807, 2.05) is 43.9 Å². The van der Waals surface area contributed by atoms with Crippen LogP contribution in [0.2, 0.25) is 0 Å². The van der Waals surface area contributed by atoms with Gasteiger partial charge >= 0.3 is 0 Å². The Balaban J connectivity index is 4.14. The molecule has 0 fully saturated rings. The van der Waals surface area contributed by atoms with Crippen molar-refractivity contribution in [2.45, 2.75) is 20.0 Å². The highest BCUT2D eigenvalue weighted by molar-refractivity contribution is 4.95. The molecule has 0 aromatic rings. The Bertz CT molecular complexity index is 153. The second kappa shape index (κ2) is 5.04. The van der Waals surface area contributed by atoms with E-state index in [-0.39, 0.29) is 6.10 Å². The lowest BCUT2D eigenvalue weighted by atomic mass is 10.3. The van der Waals surface area contributed by atoms with Crippen molar-refractivity contribution in [2.75, 3.05) is 27.7 Å². The zero-order valence-corrected chi connectivity index (χ0v) is 8.70. The minimum absolute atomic E-state index is 0.287. The quantitative estimate of drug-likeness (QED) is 0.677. The second-order valence-electron chi connectivity index (χ2n) is 3.27. The monoisotopic (exact) mass is 172 g/mol. The minimum Gasteiger partial charge on any atom is -0.392 e. The van der Waals surface area contributed by atoms with Gasteiger partial charge in [0.05, 0.1) is 11.9 Å². The summed E-state index contributed by atoms with van der Waals surface area (Å²) in [6, 6.07) is 0. The average molecular weight is 172 g/mol. The third-order valence-electron chi connectivity index (χ3n) is 1.65. The number of aliphatic hydroxyl groups is 1. The molecule has 0 aromatic heterocycles. The molecule has 12 heavy (non-hydrogen) atoms. The van der Waals surface area contributed by atoms with Gasteiger partial charge in [0.1, 0.15) is 0 Å². The van der Waals surface area contributed by atoms with Crippen molar-refractivity contribution in [1.29, 1.82) is 0 Å². The molecule has 0 aliphatic carbocycles. The van der Waals surface area contributed by atoms with E-state index in [0.29, 0.717) is 6.54 Å². The fourth-order valence-corrected chi connectivity index (χ4v) is 1.31. The predicted molar refractivity (Wildman–Crippen MR) is 51.8 cm³/mol. The maximum atomic E-state index is 9.16. The number of rotatable bonds is 4. The molecule has 0 saturated carbocycles. The average Bonchev–Trinajstić information content (AvgIpc) is 1.85. The van der Waals surface area contributed by atoms with Gasteiger partial charge in [-0.2, -0.15) is 0 Å². The van der Waals surface area contributed by atoms with Gasteiger partial charge in [-0.1, -0.05) is 0 Å². The Kier molecular flexibility index (Phi) is 4.74. The lowest BCUT2D eigenvalue weighted by Crippen LogP contribution is -2.32.